The van der Waals surface area contributed by atoms with Gasteiger partial charge in [0.25, 0.3) is 0 Å². The van der Waals surface area contributed by atoms with Gasteiger partial charge in [0.15, 0.2) is 11.9 Å². The molecule has 1 aromatic heterocycles. The van der Waals surface area contributed by atoms with E-state index in [0.29, 0.717) is 5.84 Å². The number of anilines is 1. The number of nitrogens with zero attached hydrogens (tertiary/aromatic N) is 5. The fourth-order valence-corrected chi connectivity index (χ4v) is 5.69. The summed E-state index contributed by atoms with van der Waals surface area (Å²) < 4.78 is 4.21. The predicted octanol–water partition coefficient (Wildman–Crippen LogP) is 3.18. The van der Waals surface area contributed by atoms with Gasteiger partial charge in [-0.05, 0) is 63.1 Å². The first-order chi connectivity index (χ1) is 16.7. The van der Waals surface area contributed by atoms with Gasteiger partial charge in [0.05, 0.1) is 6.04 Å². The van der Waals surface area contributed by atoms with Crippen molar-refractivity contribution in [2.45, 2.75) is 45.5 Å². The van der Waals surface area contributed by atoms with Gasteiger partial charge in [0.1, 0.15) is 0 Å². The second-order valence-corrected chi connectivity index (χ2v) is 9.68. The number of hydrogen-bond acceptors (Lipinski definition) is 5. The van der Waals surface area contributed by atoms with Crippen molar-refractivity contribution in [3.05, 3.63) is 109 Å². The van der Waals surface area contributed by atoms with Crippen LogP contribution in [0.4, 0.5) is 5.69 Å². The highest BCUT2D eigenvalue weighted by Crippen LogP contribution is 2.44. The van der Waals surface area contributed by atoms with Crippen molar-refractivity contribution in [2.24, 2.45) is 12.2 Å². The smallest absolute Gasteiger partial charge is 0.349 e. The Morgan fingerprint density at radius 3 is 2.26 bits per heavy atom. The molecule has 0 unspecified atom stereocenters. The van der Waals surface area contributed by atoms with Crippen molar-refractivity contribution in [2.75, 3.05) is 4.90 Å². The van der Waals surface area contributed by atoms with E-state index in [0.717, 1.165) is 38.1 Å². The topological polar surface area (TPSA) is 73.8 Å². The molecule has 0 fully saturated rings. The van der Waals surface area contributed by atoms with E-state index in [-0.39, 0.29) is 11.7 Å². The molecule has 1 spiro atoms. The molecule has 2 bridgehead atoms. The van der Waals surface area contributed by atoms with E-state index in [9.17, 15) is 9.59 Å². The molecular formula is C27H27N5O3. The molecule has 0 amide bonds. The Bertz CT molecular complexity index is 1560. The van der Waals surface area contributed by atoms with Gasteiger partial charge in [-0.15, -0.1) is 0 Å². The molecule has 4 heterocycles. The maximum absolute atomic E-state index is 13.6. The monoisotopic (exact) mass is 469 g/mol. The summed E-state index contributed by atoms with van der Waals surface area (Å²) in [7, 11) is 1.51. The van der Waals surface area contributed by atoms with Gasteiger partial charge in [0, 0.05) is 18.3 Å². The third-order valence-electron chi connectivity index (χ3n) is 7.24. The molecule has 0 N–H and O–H groups in total. The summed E-state index contributed by atoms with van der Waals surface area (Å²) in [5.41, 5.74) is 4.21. The van der Waals surface area contributed by atoms with Crippen molar-refractivity contribution in [3.8, 4) is 0 Å². The number of aryl methyl sites for hydroxylation is 4. The molecule has 4 aliphatic rings. The molecule has 0 saturated carbocycles. The Labute approximate surface area is 202 Å². The first kappa shape index (κ1) is 21.5. The fraction of sp³-hybridized carbons (Fsp3) is 0.296. The zero-order valence-electron chi connectivity index (χ0n) is 20.4. The number of allylic oxidation sites excluding steroid dienone is 2. The first-order valence-electron chi connectivity index (χ1n) is 11.7. The number of benzene rings is 2. The van der Waals surface area contributed by atoms with E-state index >= 15 is 0 Å². The van der Waals surface area contributed by atoms with E-state index in [1.807, 2.05) is 60.4 Å². The Morgan fingerprint density at radius 1 is 0.886 bits per heavy atom. The number of aromatic nitrogens is 3. The van der Waals surface area contributed by atoms with Crippen molar-refractivity contribution in [1.82, 2.24) is 13.9 Å². The minimum atomic E-state index is -1.17. The van der Waals surface area contributed by atoms with Gasteiger partial charge < -0.3 is 4.84 Å². The van der Waals surface area contributed by atoms with Gasteiger partial charge in [-0.25, -0.2) is 18.8 Å². The highest BCUT2D eigenvalue weighted by atomic mass is 16.6. The summed E-state index contributed by atoms with van der Waals surface area (Å²) in [4.78, 5) is 35.0. The van der Waals surface area contributed by atoms with Crippen LogP contribution in [0, 0.1) is 27.7 Å². The quantitative estimate of drug-likeness (QED) is 0.541. The zero-order valence-corrected chi connectivity index (χ0v) is 20.4. The number of rotatable bonds is 2. The minimum Gasteiger partial charge on any atom is -0.381 e. The highest BCUT2D eigenvalue weighted by molar-refractivity contribution is 6.12. The lowest BCUT2D eigenvalue weighted by Gasteiger charge is -2.49. The average molecular weight is 470 g/mol. The highest BCUT2D eigenvalue weighted by Gasteiger charge is 2.56. The van der Waals surface area contributed by atoms with E-state index in [1.165, 1.54) is 16.4 Å². The molecule has 3 aromatic rings. The van der Waals surface area contributed by atoms with Gasteiger partial charge in [-0.1, -0.05) is 52.7 Å². The zero-order chi connectivity index (χ0) is 24.6. The van der Waals surface area contributed by atoms with Crippen LogP contribution < -0.4 is 16.3 Å². The third-order valence-corrected chi connectivity index (χ3v) is 7.24. The van der Waals surface area contributed by atoms with Crippen LogP contribution in [0.2, 0.25) is 0 Å². The van der Waals surface area contributed by atoms with Crippen LogP contribution >= 0.6 is 0 Å². The maximum atomic E-state index is 13.6. The molecule has 3 atom stereocenters. The van der Waals surface area contributed by atoms with Crippen LogP contribution in [0.3, 0.4) is 0 Å². The van der Waals surface area contributed by atoms with E-state index in [4.69, 9.17) is 4.84 Å². The molecule has 1 aliphatic carbocycles. The van der Waals surface area contributed by atoms with E-state index in [1.54, 1.807) is 0 Å². The van der Waals surface area contributed by atoms with Crippen LogP contribution in [0.1, 0.15) is 33.9 Å². The summed E-state index contributed by atoms with van der Waals surface area (Å²) in [5, 5.41) is 4.65. The van der Waals surface area contributed by atoms with Crippen molar-refractivity contribution >= 4 is 11.5 Å². The number of oxime groups is 1. The average Bonchev–Trinajstić information content (AvgIpc) is 2.97. The third kappa shape index (κ3) is 2.76. The second-order valence-electron chi connectivity index (χ2n) is 9.68. The summed E-state index contributed by atoms with van der Waals surface area (Å²) in [5.74, 6) is 0.591. The Balaban J connectivity index is 1.73. The molecule has 178 valence electrons. The fourth-order valence-electron chi connectivity index (χ4n) is 5.69. The van der Waals surface area contributed by atoms with Gasteiger partial charge >= 0.3 is 11.4 Å². The lowest BCUT2D eigenvalue weighted by atomic mass is 9.92. The summed E-state index contributed by atoms with van der Waals surface area (Å²) in [6.45, 7) is 8.21. The van der Waals surface area contributed by atoms with Crippen LogP contribution in [0.15, 0.2) is 75.4 Å². The molecular weight excluding hydrogens is 442 g/mol. The van der Waals surface area contributed by atoms with Gasteiger partial charge in [-0.2, -0.15) is 4.68 Å². The standard InChI is InChI=1S/C27H27N5O3/c1-16-6-8-20(9-7-16)30-24(23-18(3)14-17(2)15-19(23)4)28-35-22-11-10-21-12-13-27(22,30)32-26(34)29(5)25(33)31(21)32/h6-15,21-22H,1-5H3/t21-,22+,27-/m0/s1. The molecule has 2 aromatic carbocycles. The number of hydrogen-bond donors (Lipinski definition) is 0. The Morgan fingerprint density at radius 2 is 1.57 bits per heavy atom. The SMILES string of the molecule is Cc1ccc(N2C(c3c(C)cc(C)cc3C)=NO[C@@H]3C=C[C@H]4C=C[C@]32n2c(=O)n(C)c(=O)n24)cc1. The van der Waals surface area contributed by atoms with Crippen LogP contribution in [0.25, 0.3) is 0 Å². The normalized spacial score (nSPS) is 24.0. The molecule has 0 saturated heterocycles. The summed E-state index contributed by atoms with van der Waals surface area (Å²) in [6, 6.07) is 12.0. The molecule has 8 heteroatoms. The summed E-state index contributed by atoms with van der Waals surface area (Å²) >= 11 is 0. The number of amidine groups is 1. The van der Waals surface area contributed by atoms with Gasteiger partial charge in [0.2, 0.25) is 5.66 Å². The van der Waals surface area contributed by atoms with Crippen LogP contribution in [-0.2, 0) is 17.5 Å². The second kappa shape index (κ2) is 7.21. The largest absolute Gasteiger partial charge is 0.381 e. The minimum absolute atomic E-state index is 0.371. The molecule has 3 aliphatic heterocycles. The van der Waals surface area contributed by atoms with Crippen LogP contribution in [0.5, 0.6) is 0 Å². The predicted molar refractivity (Wildman–Crippen MR) is 135 cm³/mol. The van der Waals surface area contributed by atoms with Crippen molar-refractivity contribution in [1.29, 1.82) is 0 Å². The first-order valence-corrected chi connectivity index (χ1v) is 11.7. The molecule has 35 heavy (non-hydrogen) atoms. The lowest BCUT2D eigenvalue weighted by molar-refractivity contribution is -0.00104. The maximum Gasteiger partial charge on any atom is 0.349 e. The Kier molecular flexibility index (Phi) is 4.42. The van der Waals surface area contributed by atoms with Gasteiger partial charge in [-0.3, -0.25) is 4.90 Å². The lowest BCUT2D eigenvalue weighted by Crippen LogP contribution is -2.66. The van der Waals surface area contributed by atoms with E-state index in [2.05, 4.69) is 38.1 Å². The molecule has 0 radical (unpaired) electrons. The van der Waals surface area contributed by atoms with Crippen molar-refractivity contribution in [3.63, 3.8) is 0 Å². The van der Waals surface area contributed by atoms with E-state index < -0.39 is 17.5 Å². The molecule has 7 rings (SSSR count). The van der Waals surface area contributed by atoms with Crippen molar-refractivity contribution < 1.29 is 4.84 Å². The molecule has 8 nitrogen and oxygen atoms in total. The van der Waals surface area contributed by atoms with Crippen LogP contribution in [-0.4, -0.2) is 25.9 Å². The summed E-state index contributed by atoms with van der Waals surface area (Å²) in [6.07, 6.45) is 7.10. The Hall–Kier alpha value is -4.07.